The van der Waals surface area contributed by atoms with Gasteiger partial charge in [-0.3, -0.25) is 14.9 Å². The molecule has 9 nitrogen and oxygen atoms in total. The highest BCUT2D eigenvalue weighted by Gasteiger charge is 2.14. The maximum atomic E-state index is 11.9. The number of aromatic nitrogens is 2. The summed E-state index contributed by atoms with van der Waals surface area (Å²) in [5.41, 5.74) is 3.10. The molecule has 0 aliphatic heterocycles. The van der Waals surface area contributed by atoms with Crippen molar-refractivity contribution in [3.8, 4) is 0 Å². The Hall–Kier alpha value is -3.07. The number of amides is 1. The number of nitrogen functional groups attached to an aromatic ring is 1. The number of nitrogens with two attached hydrogens (primary N) is 1. The quantitative estimate of drug-likeness (QED) is 0.437. The molecular formula is C12H12N6O3. The van der Waals surface area contributed by atoms with Gasteiger partial charge in [-0.05, 0) is 25.1 Å². The summed E-state index contributed by atoms with van der Waals surface area (Å²) in [4.78, 5) is 22.3. The molecule has 21 heavy (non-hydrogen) atoms. The van der Waals surface area contributed by atoms with Gasteiger partial charge in [0.1, 0.15) is 0 Å². The van der Waals surface area contributed by atoms with Crippen molar-refractivity contribution < 1.29 is 9.72 Å². The predicted octanol–water partition coefficient (Wildman–Crippen LogP) is 1.23. The first-order valence-electron chi connectivity index (χ1n) is 5.88. The van der Waals surface area contributed by atoms with Crippen LogP contribution in [0.4, 0.5) is 17.2 Å². The van der Waals surface area contributed by atoms with Gasteiger partial charge in [-0.25, -0.2) is 5.84 Å². The number of hydrogen-bond donors (Lipinski definition) is 3. The van der Waals surface area contributed by atoms with E-state index < -0.39 is 10.8 Å². The Kier molecular flexibility index (Phi) is 4.05. The van der Waals surface area contributed by atoms with Crippen LogP contribution in [0.5, 0.6) is 0 Å². The van der Waals surface area contributed by atoms with Crippen LogP contribution in [0.2, 0.25) is 0 Å². The molecule has 0 saturated carbocycles. The van der Waals surface area contributed by atoms with Gasteiger partial charge in [-0.15, -0.1) is 10.2 Å². The minimum Gasteiger partial charge on any atom is -0.320 e. The van der Waals surface area contributed by atoms with Gasteiger partial charge in [0.25, 0.3) is 11.6 Å². The summed E-state index contributed by atoms with van der Waals surface area (Å²) in [5.74, 6) is 4.94. The van der Waals surface area contributed by atoms with Crippen LogP contribution in [0.3, 0.4) is 0 Å². The number of anilines is 2. The number of nitrogens with zero attached hydrogens (tertiary/aromatic N) is 3. The second kappa shape index (κ2) is 5.92. The molecule has 2 aromatic rings. The molecule has 4 N–H and O–H groups in total. The fraction of sp³-hybridized carbons (Fsp3) is 0.0833. The topological polar surface area (TPSA) is 136 Å². The molecular weight excluding hydrogens is 276 g/mol. The zero-order valence-corrected chi connectivity index (χ0v) is 11.0. The molecule has 1 amide bonds. The number of nitro groups is 1. The van der Waals surface area contributed by atoms with E-state index in [1.165, 1.54) is 18.2 Å². The molecule has 0 bridgehead atoms. The van der Waals surface area contributed by atoms with E-state index in [0.717, 1.165) is 0 Å². The van der Waals surface area contributed by atoms with Gasteiger partial charge >= 0.3 is 0 Å². The fourth-order valence-corrected chi connectivity index (χ4v) is 1.61. The first-order valence-corrected chi connectivity index (χ1v) is 5.88. The first kappa shape index (κ1) is 14.3. The van der Waals surface area contributed by atoms with Gasteiger partial charge in [0.15, 0.2) is 11.5 Å². The van der Waals surface area contributed by atoms with E-state index in [9.17, 15) is 14.9 Å². The number of nitrogens with one attached hydrogen (secondary N) is 2. The Bertz CT molecular complexity index is 686. The smallest absolute Gasteiger partial charge is 0.276 e. The molecule has 1 aromatic heterocycles. The number of hydrazine groups is 1. The number of rotatable bonds is 4. The van der Waals surface area contributed by atoms with E-state index in [4.69, 9.17) is 5.84 Å². The lowest BCUT2D eigenvalue weighted by atomic mass is 10.2. The van der Waals surface area contributed by atoms with Crippen LogP contribution in [0, 0.1) is 17.0 Å². The van der Waals surface area contributed by atoms with Crippen LogP contribution in [-0.2, 0) is 0 Å². The van der Waals surface area contributed by atoms with E-state index in [2.05, 4.69) is 20.9 Å². The van der Waals surface area contributed by atoms with Gasteiger partial charge in [0, 0.05) is 17.3 Å². The lowest BCUT2D eigenvalue weighted by Crippen LogP contribution is -2.16. The summed E-state index contributed by atoms with van der Waals surface area (Å²) in [5, 5.41) is 20.7. The second-order valence-electron chi connectivity index (χ2n) is 4.16. The van der Waals surface area contributed by atoms with Crippen molar-refractivity contribution in [2.75, 3.05) is 10.7 Å². The Morgan fingerprint density at radius 1 is 1.29 bits per heavy atom. The normalized spacial score (nSPS) is 10.0. The first-order chi connectivity index (χ1) is 10.0. The zero-order valence-electron chi connectivity index (χ0n) is 11.0. The van der Waals surface area contributed by atoms with Crippen molar-refractivity contribution in [1.82, 2.24) is 10.2 Å². The van der Waals surface area contributed by atoms with Crippen LogP contribution >= 0.6 is 0 Å². The Morgan fingerprint density at radius 3 is 2.62 bits per heavy atom. The molecule has 1 aromatic carbocycles. The number of carbonyl (C=O) groups excluding carboxylic acids is 1. The van der Waals surface area contributed by atoms with Crippen LogP contribution in [0.25, 0.3) is 0 Å². The third-order valence-corrected chi connectivity index (χ3v) is 2.71. The number of carbonyl (C=O) groups is 1. The highest BCUT2D eigenvalue weighted by atomic mass is 16.6. The van der Waals surface area contributed by atoms with E-state index in [-0.39, 0.29) is 11.4 Å². The zero-order chi connectivity index (χ0) is 15.4. The molecule has 0 aliphatic rings. The van der Waals surface area contributed by atoms with E-state index in [1.807, 2.05) is 0 Å². The van der Waals surface area contributed by atoms with Crippen LogP contribution in [0.15, 0.2) is 30.3 Å². The third kappa shape index (κ3) is 3.28. The van der Waals surface area contributed by atoms with Crippen molar-refractivity contribution in [2.24, 2.45) is 5.84 Å². The molecule has 0 atom stereocenters. The molecule has 1 heterocycles. The summed E-state index contributed by atoms with van der Waals surface area (Å²) < 4.78 is 0. The van der Waals surface area contributed by atoms with Crippen molar-refractivity contribution in [2.45, 2.75) is 6.92 Å². The molecule has 0 saturated heterocycles. The Labute approximate surface area is 119 Å². The monoisotopic (exact) mass is 288 g/mol. The highest BCUT2D eigenvalue weighted by molar-refractivity contribution is 6.03. The number of aryl methyl sites for hydroxylation is 1. The third-order valence-electron chi connectivity index (χ3n) is 2.71. The number of hydrogen-bond acceptors (Lipinski definition) is 7. The Morgan fingerprint density at radius 2 is 2.05 bits per heavy atom. The minimum absolute atomic E-state index is 0.0669. The van der Waals surface area contributed by atoms with Crippen molar-refractivity contribution in [1.29, 1.82) is 0 Å². The summed E-state index contributed by atoms with van der Waals surface area (Å²) >= 11 is 0. The SMILES string of the molecule is Cc1ccc(NC(=O)c2ccc(NN)nn2)cc1[N+](=O)[O-]. The predicted molar refractivity (Wildman–Crippen MR) is 75.6 cm³/mol. The van der Waals surface area contributed by atoms with Gasteiger partial charge in [-0.1, -0.05) is 6.07 Å². The van der Waals surface area contributed by atoms with E-state index in [0.29, 0.717) is 17.1 Å². The second-order valence-corrected chi connectivity index (χ2v) is 4.16. The van der Waals surface area contributed by atoms with Gasteiger partial charge in [0.2, 0.25) is 0 Å². The molecule has 0 aliphatic carbocycles. The standard InChI is InChI=1S/C12H12N6O3/c1-7-2-3-8(6-10(7)18(20)21)14-12(19)9-4-5-11(15-13)17-16-9/h2-6H,13H2,1H3,(H,14,19)(H,15,17). The van der Waals surface area contributed by atoms with Crippen LogP contribution < -0.4 is 16.6 Å². The largest absolute Gasteiger partial charge is 0.320 e. The van der Waals surface area contributed by atoms with Crippen molar-refractivity contribution in [3.05, 3.63) is 51.7 Å². The minimum atomic E-state index is -0.524. The molecule has 108 valence electrons. The summed E-state index contributed by atoms with van der Waals surface area (Å²) in [6, 6.07) is 7.33. The number of nitro benzene ring substituents is 1. The molecule has 0 unspecified atom stereocenters. The maximum Gasteiger partial charge on any atom is 0.276 e. The Balaban J connectivity index is 2.19. The van der Waals surface area contributed by atoms with E-state index >= 15 is 0 Å². The fourth-order valence-electron chi connectivity index (χ4n) is 1.61. The molecule has 0 spiro atoms. The van der Waals surface area contributed by atoms with Crippen LogP contribution in [0.1, 0.15) is 16.1 Å². The summed E-state index contributed by atoms with van der Waals surface area (Å²) in [7, 11) is 0. The summed E-state index contributed by atoms with van der Waals surface area (Å²) in [6.45, 7) is 1.62. The molecule has 0 fully saturated rings. The lowest BCUT2D eigenvalue weighted by molar-refractivity contribution is -0.385. The summed E-state index contributed by atoms with van der Waals surface area (Å²) in [6.07, 6.45) is 0. The van der Waals surface area contributed by atoms with Crippen molar-refractivity contribution >= 4 is 23.1 Å². The average Bonchev–Trinajstić information content (AvgIpc) is 2.49. The van der Waals surface area contributed by atoms with Crippen molar-refractivity contribution in [3.63, 3.8) is 0 Å². The van der Waals surface area contributed by atoms with Gasteiger partial charge in [0.05, 0.1) is 4.92 Å². The lowest BCUT2D eigenvalue weighted by Gasteiger charge is -2.05. The highest BCUT2D eigenvalue weighted by Crippen LogP contribution is 2.22. The van der Waals surface area contributed by atoms with Gasteiger partial charge in [-0.2, -0.15) is 0 Å². The average molecular weight is 288 g/mol. The number of benzene rings is 1. The molecule has 0 radical (unpaired) electrons. The van der Waals surface area contributed by atoms with E-state index in [1.54, 1.807) is 19.1 Å². The molecule has 9 heteroatoms. The maximum absolute atomic E-state index is 11.9. The van der Waals surface area contributed by atoms with Gasteiger partial charge < -0.3 is 10.7 Å². The molecule has 2 rings (SSSR count). The van der Waals surface area contributed by atoms with Crippen LogP contribution in [-0.4, -0.2) is 21.0 Å².